The molecule has 0 aliphatic carbocycles. The van der Waals surface area contributed by atoms with Crippen LogP contribution in [-0.2, 0) is 9.84 Å². The minimum Gasteiger partial charge on any atom is -0.378 e. The van der Waals surface area contributed by atoms with Gasteiger partial charge < -0.3 is 5.32 Å². The van der Waals surface area contributed by atoms with E-state index in [0.717, 1.165) is 38.3 Å². The maximum Gasteiger partial charge on any atom is 0.293 e. The van der Waals surface area contributed by atoms with Gasteiger partial charge in [0.15, 0.2) is 9.84 Å². The number of hydrogen-bond acceptors (Lipinski definition) is 6. The third-order valence-electron chi connectivity index (χ3n) is 4.03. The van der Waals surface area contributed by atoms with Gasteiger partial charge >= 0.3 is 0 Å². The highest BCUT2D eigenvalue weighted by Crippen LogP contribution is 2.28. The van der Waals surface area contributed by atoms with Gasteiger partial charge in [0.05, 0.1) is 9.82 Å². The van der Waals surface area contributed by atoms with E-state index < -0.39 is 14.8 Å². The summed E-state index contributed by atoms with van der Waals surface area (Å²) < 4.78 is 23.0. The number of nitro benzene ring substituents is 1. The Balaban J connectivity index is 2.18. The maximum atomic E-state index is 11.5. The molecule has 1 fully saturated rings. The van der Waals surface area contributed by atoms with E-state index in [1.54, 1.807) is 0 Å². The summed E-state index contributed by atoms with van der Waals surface area (Å²) >= 11 is 0. The summed E-state index contributed by atoms with van der Waals surface area (Å²) in [7, 11) is -3.46. The molecule has 1 aliphatic heterocycles. The standard InChI is InChI=1S/C14H21N3O4S/c1-3-16-8-4-5-11(16)10-15-13-7-6-12(22(2,20)21)9-14(13)17(18)19/h6-7,9,11,15H,3-5,8,10H2,1-2H3/t11-/m1/s1. The molecular weight excluding hydrogens is 306 g/mol. The van der Waals surface area contributed by atoms with Crippen LogP contribution in [0.1, 0.15) is 19.8 Å². The molecule has 1 N–H and O–H groups in total. The van der Waals surface area contributed by atoms with Gasteiger partial charge in [0.1, 0.15) is 5.69 Å². The van der Waals surface area contributed by atoms with Crippen LogP contribution < -0.4 is 5.32 Å². The first-order valence-electron chi connectivity index (χ1n) is 7.29. The van der Waals surface area contributed by atoms with E-state index in [0.29, 0.717) is 18.3 Å². The number of hydrogen-bond donors (Lipinski definition) is 1. The van der Waals surface area contributed by atoms with E-state index in [2.05, 4.69) is 17.1 Å². The Morgan fingerprint density at radius 2 is 2.18 bits per heavy atom. The Labute approximate surface area is 130 Å². The second kappa shape index (κ2) is 6.62. The van der Waals surface area contributed by atoms with Gasteiger partial charge in [0.25, 0.3) is 5.69 Å². The second-order valence-corrected chi connectivity index (χ2v) is 7.53. The van der Waals surface area contributed by atoms with Crippen molar-refractivity contribution in [2.45, 2.75) is 30.7 Å². The van der Waals surface area contributed by atoms with Crippen molar-refractivity contribution in [3.63, 3.8) is 0 Å². The monoisotopic (exact) mass is 327 g/mol. The summed E-state index contributed by atoms with van der Waals surface area (Å²) in [5, 5.41) is 14.3. The van der Waals surface area contributed by atoms with E-state index in [9.17, 15) is 18.5 Å². The van der Waals surface area contributed by atoms with Gasteiger partial charge in [-0.1, -0.05) is 6.92 Å². The van der Waals surface area contributed by atoms with Crippen molar-refractivity contribution in [3.8, 4) is 0 Å². The molecule has 0 aromatic heterocycles. The lowest BCUT2D eigenvalue weighted by molar-refractivity contribution is -0.384. The zero-order chi connectivity index (χ0) is 16.3. The molecule has 0 radical (unpaired) electrons. The lowest BCUT2D eigenvalue weighted by atomic mass is 10.2. The van der Waals surface area contributed by atoms with Crippen LogP contribution in [0.2, 0.25) is 0 Å². The molecule has 0 bridgehead atoms. The SMILES string of the molecule is CCN1CCC[C@@H]1CNc1ccc(S(C)(=O)=O)cc1[N+](=O)[O-]. The quantitative estimate of drug-likeness (QED) is 0.633. The molecule has 1 aromatic carbocycles. The van der Waals surface area contributed by atoms with Crippen LogP contribution in [0.5, 0.6) is 0 Å². The lowest BCUT2D eigenvalue weighted by Gasteiger charge is -2.23. The molecule has 1 atom stereocenters. The smallest absolute Gasteiger partial charge is 0.293 e. The van der Waals surface area contributed by atoms with Gasteiger partial charge in [-0.05, 0) is 38.1 Å². The number of nitrogens with one attached hydrogen (secondary N) is 1. The highest BCUT2D eigenvalue weighted by atomic mass is 32.2. The van der Waals surface area contributed by atoms with Crippen LogP contribution in [0.3, 0.4) is 0 Å². The number of nitro groups is 1. The van der Waals surface area contributed by atoms with Gasteiger partial charge in [0, 0.05) is 24.9 Å². The molecule has 1 heterocycles. The van der Waals surface area contributed by atoms with Crippen molar-refractivity contribution >= 4 is 21.2 Å². The number of sulfone groups is 1. The first-order valence-corrected chi connectivity index (χ1v) is 9.18. The number of anilines is 1. The largest absolute Gasteiger partial charge is 0.378 e. The Bertz CT molecular complexity index is 660. The van der Waals surface area contributed by atoms with Crippen LogP contribution in [-0.4, -0.2) is 50.2 Å². The first kappa shape index (κ1) is 16.7. The fraction of sp³-hybridized carbons (Fsp3) is 0.571. The minimum absolute atomic E-state index is 0.0409. The summed E-state index contributed by atoms with van der Waals surface area (Å²) in [5.41, 5.74) is 0.157. The minimum atomic E-state index is -3.46. The average molecular weight is 327 g/mol. The Hall–Kier alpha value is -1.67. The van der Waals surface area contributed by atoms with Crippen LogP contribution in [0.15, 0.2) is 23.1 Å². The number of nitrogens with zero attached hydrogens (tertiary/aromatic N) is 2. The van der Waals surface area contributed by atoms with Crippen LogP contribution in [0.25, 0.3) is 0 Å². The van der Waals surface area contributed by atoms with Crippen molar-refractivity contribution < 1.29 is 13.3 Å². The molecular formula is C14H21N3O4S. The van der Waals surface area contributed by atoms with E-state index in [1.165, 1.54) is 12.1 Å². The predicted molar refractivity (Wildman–Crippen MR) is 85.0 cm³/mol. The second-order valence-electron chi connectivity index (χ2n) is 5.51. The Morgan fingerprint density at radius 3 is 2.77 bits per heavy atom. The van der Waals surface area contributed by atoms with Crippen molar-refractivity contribution in [3.05, 3.63) is 28.3 Å². The van der Waals surface area contributed by atoms with Crippen molar-refractivity contribution in [2.75, 3.05) is 31.2 Å². The molecule has 0 amide bonds. The summed E-state index contributed by atoms with van der Waals surface area (Å²) in [5.74, 6) is 0. The molecule has 2 rings (SSSR count). The molecule has 8 heteroatoms. The third-order valence-corrected chi connectivity index (χ3v) is 5.14. The van der Waals surface area contributed by atoms with Gasteiger partial charge in [-0.2, -0.15) is 0 Å². The summed E-state index contributed by atoms with van der Waals surface area (Å²) in [6.45, 7) is 4.73. The van der Waals surface area contributed by atoms with Crippen molar-refractivity contribution in [2.24, 2.45) is 0 Å². The van der Waals surface area contributed by atoms with Crippen molar-refractivity contribution in [1.29, 1.82) is 0 Å². The van der Waals surface area contributed by atoms with Crippen LogP contribution in [0.4, 0.5) is 11.4 Å². The zero-order valence-corrected chi connectivity index (χ0v) is 13.6. The normalized spacial score (nSPS) is 19.3. The number of likely N-dealkylation sites (tertiary alicyclic amines) is 1. The van der Waals surface area contributed by atoms with Gasteiger partial charge in [-0.15, -0.1) is 0 Å². The highest BCUT2D eigenvalue weighted by Gasteiger charge is 2.24. The zero-order valence-electron chi connectivity index (χ0n) is 12.8. The predicted octanol–water partition coefficient (Wildman–Crippen LogP) is 1.89. The molecule has 1 aromatic rings. The molecule has 7 nitrogen and oxygen atoms in total. The van der Waals surface area contributed by atoms with Gasteiger partial charge in [0.2, 0.25) is 0 Å². The van der Waals surface area contributed by atoms with Crippen molar-refractivity contribution in [1.82, 2.24) is 4.90 Å². The van der Waals surface area contributed by atoms with E-state index in [4.69, 9.17) is 0 Å². The fourth-order valence-corrected chi connectivity index (χ4v) is 3.45. The molecule has 0 saturated carbocycles. The summed E-state index contributed by atoms with van der Waals surface area (Å²) in [6, 6.07) is 4.35. The Morgan fingerprint density at radius 1 is 1.45 bits per heavy atom. The van der Waals surface area contributed by atoms with E-state index in [1.807, 2.05) is 0 Å². The summed E-state index contributed by atoms with van der Waals surface area (Å²) in [6.07, 6.45) is 3.24. The maximum absolute atomic E-state index is 11.5. The molecule has 22 heavy (non-hydrogen) atoms. The number of likely N-dealkylation sites (N-methyl/N-ethyl adjacent to an activating group) is 1. The first-order chi connectivity index (χ1) is 10.3. The average Bonchev–Trinajstić information content (AvgIpc) is 2.91. The van der Waals surface area contributed by atoms with E-state index >= 15 is 0 Å². The van der Waals surface area contributed by atoms with Gasteiger partial charge in [-0.25, -0.2) is 8.42 Å². The molecule has 1 saturated heterocycles. The lowest BCUT2D eigenvalue weighted by Crippen LogP contribution is -2.34. The molecule has 0 spiro atoms. The van der Waals surface area contributed by atoms with Crippen LogP contribution in [0, 0.1) is 10.1 Å². The molecule has 122 valence electrons. The molecule has 0 unspecified atom stereocenters. The number of rotatable bonds is 6. The number of benzene rings is 1. The van der Waals surface area contributed by atoms with Crippen LogP contribution >= 0.6 is 0 Å². The third kappa shape index (κ3) is 3.75. The Kier molecular flexibility index (Phi) is 5.02. The highest BCUT2D eigenvalue weighted by molar-refractivity contribution is 7.90. The fourth-order valence-electron chi connectivity index (χ4n) is 2.81. The summed E-state index contributed by atoms with van der Waals surface area (Å²) in [4.78, 5) is 12.9. The molecule has 1 aliphatic rings. The topological polar surface area (TPSA) is 92.6 Å². The van der Waals surface area contributed by atoms with Gasteiger partial charge in [-0.3, -0.25) is 15.0 Å². The van der Waals surface area contributed by atoms with E-state index in [-0.39, 0.29) is 10.6 Å².